The van der Waals surface area contributed by atoms with Crippen LogP contribution in [0.2, 0.25) is 0 Å². The van der Waals surface area contributed by atoms with E-state index in [1.54, 1.807) is 12.4 Å². The Morgan fingerprint density at radius 1 is 1.00 bits per heavy atom. The van der Waals surface area contributed by atoms with E-state index in [1.165, 1.54) is 5.56 Å². The average Bonchev–Trinajstić information content (AvgIpc) is 2.41. The SMILES string of the molecule is Cc1ccccc1Nc1cnc2cccnc2n1. The molecule has 0 saturated heterocycles. The van der Waals surface area contributed by atoms with Crippen molar-refractivity contribution in [3.63, 3.8) is 0 Å². The number of pyridine rings is 1. The smallest absolute Gasteiger partial charge is 0.180 e. The van der Waals surface area contributed by atoms with Gasteiger partial charge in [0.2, 0.25) is 0 Å². The Kier molecular flexibility index (Phi) is 2.61. The van der Waals surface area contributed by atoms with Crippen molar-refractivity contribution in [1.82, 2.24) is 15.0 Å². The van der Waals surface area contributed by atoms with Gasteiger partial charge in [0.1, 0.15) is 5.52 Å². The molecule has 0 unspecified atom stereocenters. The third-order valence-corrected chi connectivity index (χ3v) is 2.73. The first-order valence-corrected chi connectivity index (χ1v) is 5.73. The van der Waals surface area contributed by atoms with Gasteiger partial charge in [0, 0.05) is 11.9 Å². The predicted octanol–water partition coefficient (Wildman–Crippen LogP) is 3.08. The van der Waals surface area contributed by atoms with Crippen LogP contribution in [-0.2, 0) is 0 Å². The van der Waals surface area contributed by atoms with Crippen molar-refractivity contribution in [3.8, 4) is 0 Å². The Labute approximate surface area is 105 Å². The lowest BCUT2D eigenvalue weighted by molar-refractivity contribution is 1.22. The van der Waals surface area contributed by atoms with Crippen LogP contribution in [0.4, 0.5) is 11.5 Å². The van der Waals surface area contributed by atoms with E-state index < -0.39 is 0 Å². The lowest BCUT2D eigenvalue weighted by atomic mass is 10.2. The summed E-state index contributed by atoms with van der Waals surface area (Å²) in [6.07, 6.45) is 3.44. The summed E-state index contributed by atoms with van der Waals surface area (Å²) in [6, 6.07) is 11.8. The van der Waals surface area contributed by atoms with Gasteiger partial charge >= 0.3 is 0 Å². The van der Waals surface area contributed by atoms with Crippen LogP contribution in [0.15, 0.2) is 48.8 Å². The van der Waals surface area contributed by atoms with Crippen LogP contribution >= 0.6 is 0 Å². The Balaban J connectivity index is 1.98. The van der Waals surface area contributed by atoms with Gasteiger partial charge in [0.05, 0.1) is 6.20 Å². The Hall–Kier alpha value is -2.49. The van der Waals surface area contributed by atoms with Gasteiger partial charge in [-0.3, -0.25) is 0 Å². The van der Waals surface area contributed by atoms with E-state index in [2.05, 4.69) is 33.3 Å². The highest BCUT2D eigenvalue weighted by atomic mass is 15.0. The third kappa shape index (κ3) is 2.00. The molecular weight excluding hydrogens is 224 g/mol. The number of aryl methyl sites for hydroxylation is 1. The molecule has 0 radical (unpaired) electrons. The van der Waals surface area contributed by atoms with E-state index in [9.17, 15) is 0 Å². The van der Waals surface area contributed by atoms with Gasteiger partial charge in [-0.1, -0.05) is 18.2 Å². The molecule has 0 aliphatic rings. The van der Waals surface area contributed by atoms with Crippen LogP contribution in [0.1, 0.15) is 5.56 Å². The molecule has 18 heavy (non-hydrogen) atoms. The molecule has 1 aromatic carbocycles. The summed E-state index contributed by atoms with van der Waals surface area (Å²) in [5.74, 6) is 0.704. The maximum Gasteiger partial charge on any atom is 0.180 e. The largest absolute Gasteiger partial charge is 0.339 e. The topological polar surface area (TPSA) is 50.7 Å². The van der Waals surface area contributed by atoms with Gasteiger partial charge in [-0.15, -0.1) is 0 Å². The van der Waals surface area contributed by atoms with Crippen LogP contribution < -0.4 is 5.32 Å². The van der Waals surface area contributed by atoms with Crippen LogP contribution in [0.25, 0.3) is 11.2 Å². The highest BCUT2D eigenvalue weighted by Crippen LogP contribution is 2.18. The van der Waals surface area contributed by atoms with E-state index in [-0.39, 0.29) is 0 Å². The van der Waals surface area contributed by atoms with Gasteiger partial charge in [-0.2, -0.15) is 0 Å². The monoisotopic (exact) mass is 236 g/mol. The summed E-state index contributed by atoms with van der Waals surface area (Å²) in [6.45, 7) is 2.05. The van der Waals surface area contributed by atoms with Crippen molar-refractivity contribution < 1.29 is 0 Å². The number of nitrogens with zero attached hydrogens (tertiary/aromatic N) is 3. The fourth-order valence-corrected chi connectivity index (χ4v) is 1.76. The fraction of sp³-hybridized carbons (Fsp3) is 0.0714. The van der Waals surface area contributed by atoms with Gasteiger partial charge in [-0.25, -0.2) is 15.0 Å². The summed E-state index contributed by atoms with van der Waals surface area (Å²) in [5, 5.41) is 3.25. The second-order valence-electron chi connectivity index (χ2n) is 4.04. The Bertz CT molecular complexity index is 694. The highest BCUT2D eigenvalue weighted by Gasteiger charge is 2.02. The normalized spacial score (nSPS) is 10.5. The second kappa shape index (κ2) is 4.41. The van der Waals surface area contributed by atoms with Crippen molar-refractivity contribution >= 4 is 22.7 Å². The molecule has 0 atom stereocenters. The minimum absolute atomic E-state index is 0.649. The fourth-order valence-electron chi connectivity index (χ4n) is 1.76. The molecule has 0 aliphatic carbocycles. The maximum atomic E-state index is 4.43. The van der Waals surface area contributed by atoms with Gasteiger partial charge in [0.15, 0.2) is 11.5 Å². The number of benzene rings is 1. The minimum Gasteiger partial charge on any atom is -0.339 e. The first kappa shape index (κ1) is 10.7. The van der Waals surface area contributed by atoms with Crippen LogP contribution in [-0.4, -0.2) is 15.0 Å². The van der Waals surface area contributed by atoms with Crippen molar-refractivity contribution in [2.24, 2.45) is 0 Å². The van der Waals surface area contributed by atoms with E-state index in [1.807, 2.05) is 30.3 Å². The van der Waals surface area contributed by atoms with Gasteiger partial charge in [0.25, 0.3) is 0 Å². The zero-order valence-corrected chi connectivity index (χ0v) is 9.96. The lowest BCUT2D eigenvalue weighted by Gasteiger charge is -2.08. The Morgan fingerprint density at radius 3 is 2.78 bits per heavy atom. The summed E-state index contributed by atoms with van der Waals surface area (Å²) in [7, 11) is 0. The number of nitrogens with one attached hydrogen (secondary N) is 1. The van der Waals surface area contributed by atoms with E-state index in [4.69, 9.17) is 0 Å². The standard InChI is InChI=1S/C14H12N4/c1-10-5-2-3-6-11(10)17-13-9-16-12-7-4-8-15-14(12)18-13/h2-9H,1H3,(H,15,17,18). The predicted molar refractivity (Wildman–Crippen MR) is 71.8 cm³/mol. The van der Waals surface area contributed by atoms with Crippen molar-refractivity contribution in [2.75, 3.05) is 5.32 Å². The van der Waals surface area contributed by atoms with E-state index in [0.29, 0.717) is 11.5 Å². The minimum atomic E-state index is 0.649. The molecule has 4 nitrogen and oxygen atoms in total. The van der Waals surface area contributed by atoms with Crippen molar-refractivity contribution in [1.29, 1.82) is 0 Å². The number of fused-ring (bicyclic) bond motifs is 1. The molecule has 0 aliphatic heterocycles. The summed E-state index contributed by atoms with van der Waals surface area (Å²) < 4.78 is 0. The molecule has 0 amide bonds. The number of rotatable bonds is 2. The highest BCUT2D eigenvalue weighted by molar-refractivity contribution is 5.72. The molecule has 4 heteroatoms. The van der Waals surface area contributed by atoms with Crippen LogP contribution in [0.3, 0.4) is 0 Å². The summed E-state index contributed by atoms with van der Waals surface area (Å²) >= 11 is 0. The third-order valence-electron chi connectivity index (χ3n) is 2.73. The molecule has 3 aromatic rings. The zero-order valence-electron chi connectivity index (χ0n) is 9.96. The van der Waals surface area contributed by atoms with E-state index >= 15 is 0 Å². The lowest BCUT2D eigenvalue weighted by Crippen LogP contribution is -1.97. The van der Waals surface area contributed by atoms with Gasteiger partial charge in [-0.05, 0) is 30.7 Å². The molecule has 0 bridgehead atoms. The van der Waals surface area contributed by atoms with Crippen molar-refractivity contribution in [3.05, 3.63) is 54.4 Å². The van der Waals surface area contributed by atoms with E-state index in [0.717, 1.165) is 11.2 Å². The van der Waals surface area contributed by atoms with Crippen LogP contribution in [0, 0.1) is 6.92 Å². The number of hydrogen-bond donors (Lipinski definition) is 1. The molecule has 2 aromatic heterocycles. The molecule has 2 heterocycles. The molecule has 0 saturated carbocycles. The first-order chi connectivity index (χ1) is 8.83. The zero-order chi connectivity index (χ0) is 12.4. The molecule has 0 fully saturated rings. The molecule has 88 valence electrons. The molecule has 1 N–H and O–H groups in total. The summed E-state index contributed by atoms with van der Waals surface area (Å²) in [5.41, 5.74) is 3.64. The average molecular weight is 236 g/mol. The van der Waals surface area contributed by atoms with Gasteiger partial charge < -0.3 is 5.32 Å². The molecule has 3 rings (SSSR count). The summed E-state index contributed by atoms with van der Waals surface area (Å²) in [4.78, 5) is 12.9. The van der Waals surface area contributed by atoms with Crippen LogP contribution in [0.5, 0.6) is 0 Å². The number of para-hydroxylation sites is 1. The Morgan fingerprint density at radius 2 is 1.89 bits per heavy atom. The molecular formula is C14H12N4. The maximum absolute atomic E-state index is 4.43. The first-order valence-electron chi connectivity index (χ1n) is 5.73. The number of anilines is 2. The number of hydrogen-bond acceptors (Lipinski definition) is 4. The second-order valence-corrected chi connectivity index (χ2v) is 4.04. The quantitative estimate of drug-likeness (QED) is 0.742. The number of aromatic nitrogens is 3. The molecule has 0 spiro atoms. The van der Waals surface area contributed by atoms with Crippen molar-refractivity contribution in [2.45, 2.75) is 6.92 Å².